The number of anilines is 1. The number of hydrogen-bond donors (Lipinski definition) is 1. The molecule has 0 radical (unpaired) electrons. The molecule has 2 aliphatic heterocycles. The van der Waals surface area contributed by atoms with Gasteiger partial charge in [0, 0.05) is 49.3 Å². The fourth-order valence-electron chi connectivity index (χ4n) is 8.01. The topological polar surface area (TPSA) is 96.6 Å². The molecule has 1 N–H and O–H groups in total. The number of hydrogen-bond acceptors (Lipinski definition) is 9. The molecule has 0 amide bonds. The van der Waals surface area contributed by atoms with E-state index in [0.29, 0.717) is 35.7 Å². The number of nitrogens with zero attached hydrogens (tertiary/aromatic N) is 5. The van der Waals surface area contributed by atoms with Crippen LogP contribution in [0.25, 0.3) is 11.6 Å². The van der Waals surface area contributed by atoms with Crippen molar-refractivity contribution in [2.45, 2.75) is 107 Å². The van der Waals surface area contributed by atoms with Crippen molar-refractivity contribution >= 4 is 11.6 Å². The van der Waals surface area contributed by atoms with Gasteiger partial charge in [-0.05, 0) is 84.7 Å². The molecule has 0 bridgehead atoms. The van der Waals surface area contributed by atoms with E-state index >= 15 is 0 Å². The minimum Gasteiger partial charge on any atom is -0.473 e. The molecule has 9 heteroatoms. The minimum absolute atomic E-state index is 0.0147. The maximum absolute atomic E-state index is 13.2. The van der Waals surface area contributed by atoms with Crippen molar-refractivity contribution in [2.24, 2.45) is 0 Å². The Bertz CT molecular complexity index is 1240. The monoisotopic (exact) mass is 534 g/mol. The molecule has 9 nitrogen and oxygen atoms in total. The van der Waals surface area contributed by atoms with Crippen LogP contribution in [-0.4, -0.2) is 76.7 Å². The summed E-state index contributed by atoms with van der Waals surface area (Å²) >= 11 is 0. The van der Waals surface area contributed by atoms with Crippen molar-refractivity contribution in [3.8, 4) is 17.5 Å². The maximum atomic E-state index is 13.2. The fraction of sp³-hybridized carbons (Fsp3) is 0.733. The number of aromatic nitrogens is 3. The summed E-state index contributed by atoms with van der Waals surface area (Å²) in [7, 11) is 2.18. The largest absolute Gasteiger partial charge is 0.473 e. The standard InChI is InChI=1S/C30H42N6O3/c1-20(22-9-6-16-35(22)2)38-25-18-24(36-17-15-31-29(19-36)11-7-12-29)32-28(33-25)26-21-8-5-14-30(27(21)34-39-26)13-4-3-10-23(30)37/h18,20,22,31H,3-17,19H2,1-2H3/t20-,22-,30+/m0/s1. The molecule has 2 spiro atoms. The highest BCUT2D eigenvalue weighted by molar-refractivity contribution is 5.91. The van der Waals surface area contributed by atoms with Crippen molar-refractivity contribution in [3.05, 3.63) is 17.3 Å². The van der Waals surface area contributed by atoms with Gasteiger partial charge in [-0.25, -0.2) is 4.98 Å². The van der Waals surface area contributed by atoms with Crippen molar-refractivity contribution < 1.29 is 14.1 Å². The number of ether oxygens (including phenoxy) is 1. The average Bonchev–Trinajstić information content (AvgIpc) is 3.56. The molecule has 2 saturated carbocycles. The number of Topliss-reactive ketones (excluding diaryl/α,β-unsaturated/α-hetero) is 1. The summed E-state index contributed by atoms with van der Waals surface area (Å²) in [5.74, 6) is 2.96. The number of likely N-dealkylation sites (tertiary alicyclic amines) is 1. The summed E-state index contributed by atoms with van der Waals surface area (Å²) in [6.45, 7) is 6.03. The molecule has 2 aromatic rings. The van der Waals surface area contributed by atoms with Crippen LogP contribution in [0.4, 0.5) is 5.82 Å². The molecule has 2 aromatic heterocycles. The fourth-order valence-corrected chi connectivity index (χ4v) is 8.01. The van der Waals surface area contributed by atoms with E-state index in [1.807, 2.05) is 6.07 Å². The number of fused-ring (bicyclic) bond motifs is 2. The van der Waals surface area contributed by atoms with Gasteiger partial charge < -0.3 is 19.5 Å². The third-order valence-electron chi connectivity index (χ3n) is 10.4. The predicted molar refractivity (Wildman–Crippen MR) is 148 cm³/mol. The van der Waals surface area contributed by atoms with E-state index in [1.165, 1.54) is 25.7 Å². The zero-order valence-corrected chi connectivity index (χ0v) is 23.5. The van der Waals surface area contributed by atoms with Crippen LogP contribution in [0.15, 0.2) is 10.6 Å². The molecule has 0 aromatic carbocycles. The van der Waals surface area contributed by atoms with Gasteiger partial charge in [0.2, 0.25) is 17.5 Å². The summed E-state index contributed by atoms with van der Waals surface area (Å²) in [4.78, 5) is 28.0. The van der Waals surface area contributed by atoms with Crippen LogP contribution in [0.5, 0.6) is 5.88 Å². The number of rotatable bonds is 5. The van der Waals surface area contributed by atoms with E-state index in [9.17, 15) is 4.79 Å². The first-order valence-electron chi connectivity index (χ1n) is 15.3. The molecule has 3 atom stereocenters. The predicted octanol–water partition coefficient (Wildman–Crippen LogP) is 4.04. The Balaban J connectivity index is 1.26. The molecule has 4 heterocycles. The third-order valence-corrected chi connectivity index (χ3v) is 10.4. The Morgan fingerprint density at radius 1 is 1.08 bits per heavy atom. The second-order valence-electron chi connectivity index (χ2n) is 12.8. The summed E-state index contributed by atoms with van der Waals surface area (Å²) in [5.41, 5.74) is 1.59. The van der Waals surface area contributed by atoms with Gasteiger partial charge in [0.25, 0.3) is 0 Å². The van der Waals surface area contributed by atoms with Crippen molar-refractivity contribution in [1.29, 1.82) is 0 Å². The third kappa shape index (κ3) is 4.36. The molecule has 7 rings (SSSR count). The van der Waals surface area contributed by atoms with Gasteiger partial charge in [0.15, 0.2) is 0 Å². The molecule has 4 fully saturated rings. The van der Waals surface area contributed by atoms with Gasteiger partial charge in [0.1, 0.15) is 23.4 Å². The van der Waals surface area contributed by atoms with Crippen LogP contribution in [0, 0.1) is 0 Å². The highest BCUT2D eigenvalue weighted by Gasteiger charge is 2.48. The Hall–Kier alpha value is -2.52. The molecule has 210 valence electrons. The summed E-state index contributed by atoms with van der Waals surface area (Å²) in [6, 6.07) is 2.39. The van der Waals surface area contributed by atoms with Crippen molar-refractivity contribution in [1.82, 2.24) is 25.3 Å². The quantitative estimate of drug-likeness (QED) is 0.609. The SMILES string of the molecule is C[C@H](Oc1cc(N2CCNC3(CCC3)C2)nc(-c2onc3c2CCC[C@@]32CCCCC2=O)n1)[C@@H]1CCCN1C. The number of carbonyl (C=O) groups is 1. The van der Waals surface area contributed by atoms with Crippen LogP contribution < -0.4 is 15.0 Å². The van der Waals surface area contributed by atoms with E-state index in [1.54, 1.807) is 0 Å². The van der Waals surface area contributed by atoms with E-state index < -0.39 is 5.41 Å². The molecular weight excluding hydrogens is 492 g/mol. The summed E-state index contributed by atoms with van der Waals surface area (Å²) in [5, 5.41) is 8.32. The van der Waals surface area contributed by atoms with E-state index in [2.05, 4.69) is 34.2 Å². The lowest BCUT2D eigenvalue weighted by molar-refractivity contribution is -0.127. The normalized spacial score (nSPS) is 29.4. The second-order valence-corrected chi connectivity index (χ2v) is 12.8. The van der Waals surface area contributed by atoms with Crippen molar-refractivity contribution in [2.75, 3.05) is 38.1 Å². The minimum atomic E-state index is -0.485. The van der Waals surface area contributed by atoms with Gasteiger partial charge in [0.05, 0.1) is 5.41 Å². The van der Waals surface area contributed by atoms with Crippen LogP contribution >= 0.6 is 0 Å². The molecule has 39 heavy (non-hydrogen) atoms. The van der Waals surface area contributed by atoms with Gasteiger partial charge >= 0.3 is 0 Å². The summed E-state index contributed by atoms with van der Waals surface area (Å²) < 4.78 is 12.6. The van der Waals surface area contributed by atoms with E-state index in [0.717, 1.165) is 88.2 Å². The van der Waals surface area contributed by atoms with Gasteiger partial charge in [-0.1, -0.05) is 11.6 Å². The maximum Gasteiger partial charge on any atom is 0.219 e. The first-order chi connectivity index (χ1) is 19.0. The highest BCUT2D eigenvalue weighted by Crippen LogP contribution is 2.47. The average molecular weight is 535 g/mol. The van der Waals surface area contributed by atoms with Crippen LogP contribution in [0.3, 0.4) is 0 Å². The Kier molecular flexibility index (Phi) is 6.42. The number of piperazine rings is 1. The molecule has 5 aliphatic rings. The first kappa shape index (κ1) is 25.4. The van der Waals surface area contributed by atoms with Crippen LogP contribution in [0.2, 0.25) is 0 Å². The smallest absolute Gasteiger partial charge is 0.219 e. The van der Waals surface area contributed by atoms with Crippen LogP contribution in [0.1, 0.15) is 88.8 Å². The lowest BCUT2D eigenvalue weighted by Crippen LogP contribution is -2.64. The Morgan fingerprint density at radius 3 is 2.72 bits per heavy atom. The number of ketones is 1. The zero-order chi connectivity index (χ0) is 26.6. The summed E-state index contributed by atoms with van der Waals surface area (Å²) in [6.07, 6.45) is 12.3. The van der Waals surface area contributed by atoms with E-state index in [-0.39, 0.29) is 11.6 Å². The van der Waals surface area contributed by atoms with E-state index in [4.69, 9.17) is 19.2 Å². The molecular formula is C30H42N6O3. The zero-order valence-electron chi connectivity index (χ0n) is 23.5. The molecule has 0 unspecified atom stereocenters. The number of carbonyl (C=O) groups excluding carboxylic acids is 1. The van der Waals surface area contributed by atoms with Gasteiger partial charge in [-0.2, -0.15) is 4.98 Å². The van der Waals surface area contributed by atoms with Gasteiger partial charge in [-0.3, -0.25) is 9.69 Å². The number of likely N-dealkylation sites (N-methyl/N-ethyl adjacent to an activating group) is 1. The second kappa shape index (κ2) is 9.84. The number of nitrogens with one attached hydrogen (secondary N) is 1. The lowest BCUT2D eigenvalue weighted by atomic mass is 9.64. The van der Waals surface area contributed by atoms with Crippen LogP contribution in [-0.2, 0) is 16.6 Å². The first-order valence-corrected chi connectivity index (χ1v) is 15.3. The Morgan fingerprint density at radius 2 is 1.95 bits per heavy atom. The Labute approximate surface area is 231 Å². The van der Waals surface area contributed by atoms with Gasteiger partial charge in [-0.15, -0.1) is 0 Å². The molecule has 2 saturated heterocycles. The molecule has 3 aliphatic carbocycles. The lowest BCUT2D eigenvalue weighted by Gasteiger charge is -2.49. The van der Waals surface area contributed by atoms with Crippen molar-refractivity contribution in [3.63, 3.8) is 0 Å². The highest BCUT2D eigenvalue weighted by atomic mass is 16.5.